The first-order chi connectivity index (χ1) is 18.2. The Morgan fingerprint density at radius 2 is 1.71 bits per heavy atom. The second kappa shape index (κ2) is 9.43. The van der Waals surface area contributed by atoms with Crippen molar-refractivity contribution in [2.75, 3.05) is 16.4 Å². The Morgan fingerprint density at radius 3 is 2.39 bits per heavy atom. The van der Waals surface area contributed by atoms with Crippen LogP contribution in [0.25, 0.3) is 22.4 Å². The number of carbonyl (C=O) groups excluding carboxylic acids is 2. The molecule has 0 saturated heterocycles. The van der Waals surface area contributed by atoms with Gasteiger partial charge in [-0.1, -0.05) is 6.07 Å². The van der Waals surface area contributed by atoms with E-state index in [0.717, 1.165) is 6.07 Å². The number of halogens is 2. The highest BCUT2D eigenvalue weighted by Crippen LogP contribution is 2.46. The van der Waals surface area contributed by atoms with Crippen LogP contribution in [-0.2, 0) is 9.59 Å². The molecule has 1 saturated carbocycles. The predicted octanol–water partition coefficient (Wildman–Crippen LogP) is 4.32. The zero-order valence-corrected chi connectivity index (χ0v) is 19.8. The minimum atomic E-state index is -1.27. The van der Waals surface area contributed by atoms with E-state index in [1.165, 1.54) is 36.5 Å². The van der Waals surface area contributed by atoms with Gasteiger partial charge in [-0.25, -0.2) is 18.7 Å². The van der Waals surface area contributed by atoms with Gasteiger partial charge in [0.2, 0.25) is 17.8 Å². The van der Waals surface area contributed by atoms with Gasteiger partial charge < -0.3 is 27.2 Å². The van der Waals surface area contributed by atoms with Crippen molar-refractivity contribution in [3.05, 3.63) is 78.5 Å². The molecule has 0 bridgehead atoms. The number of amides is 2. The zero-order valence-electron chi connectivity index (χ0n) is 19.8. The first kappa shape index (κ1) is 24.6. The van der Waals surface area contributed by atoms with E-state index < -0.39 is 28.9 Å². The average molecular weight is 517 g/mol. The number of aromatic nitrogens is 2. The summed E-state index contributed by atoms with van der Waals surface area (Å²) in [6, 6.07) is 14.0. The van der Waals surface area contributed by atoms with Gasteiger partial charge in [-0.05, 0) is 73.0 Å². The summed E-state index contributed by atoms with van der Waals surface area (Å²) in [5.74, 6) is -2.54. The van der Waals surface area contributed by atoms with Crippen LogP contribution in [0, 0.1) is 17.0 Å². The molecule has 0 radical (unpaired) electrons. The molecule has 3 aromatic carbocycles. The van der Waals surface area contributed by atoms with Gasteiger partial charge in [-0.15, -0.1) is 0 Å². The number of nitrogen functional groups attached to an aromatic ring is 1. The molecule has 1 aliphatic carbocycles. The van der Waals surface area contributed by atoms with Gasteiger partial charge in [0.1, 0.15) is 22.8 Å². The highest BCUT2D eigenvalue weighted by Gasteiger charge is 2.55. The molecule has 7 N–H and O–H groups in total. The Balaban J connectivity index is 1.42. The van der Waals surface area contributed by atoms with E-state index in [1.54, 1.807) is 24.3 Å². The fourth-order valence-electron chi connectivity index (χ4n) is 4.10. The predicted molar refractivity (Wildman–Crippen MR) is 138 cm³/mol. The Labute approximate surface area is 215 Å². The summed E-state index contributed by atoms with van der Waals surface area (Å²) in [6.07, 6.45) is 2.13. The fraction of sp³-hybridized carbons (Fsp3) is 0.111. The fourth-order valence-corrected chi connectivity index (χ4v) is 4.10. The third kappa shape index (κ3) is 4.69. The van der Waals surface area contributed by atoms with Gasteiger partial charge in [0.25, 0.3) is 0 Å². The van der Waals surface area contributed by atoms with E-state index in [0.29, 0.717) is 35.3 Å². The van der Waals surface area contributed by atoms with Gasteiger partial charge in [-0.3, -0.25) is 9.59 Å². The van der Waals surface area contributed by atoms with Crippen molar-refractivity contribution in [3.63, 3.8) is 0 Å². The van der Waals surface area contributed by atoms with E-state index in [2.05, 4.69) is 20.6 Å². The molecule has 0 atom stereocenters. The summed E-state index contributed by atoms with van der Waals surface area (Å²) in [7, 11) is 0. The van der Waals surface area contributed by atoms with Crippen LogP contribution in [0.5, 0.6) is 5.75 Å². The molecule has 5 rings (SSSR count). The van der Waals surface area contributed by atoms with Crippen molar-refractivity contribution in [1.29, 1.82) is 0 Å². The van der Waals surface area contributed by atoms with Crippen molar-refractivity contribution < 1.29 is 23.5 Å². The average Bonchev–Trinajstić information content (AvgIpc) is 3.70. The number of nitrogens with two attached hydrogens (primary N) is 2. The Morgan fingerprint density at radius 1 is 0.947 bits per heavy atom. The van der Waals surface area contributed by atoms with Gasteiger partial charge in [0, 0.05) is 28.7 Å². The smallest absolute Gasteiger partial charge is 0.240 e. The summed E-state index contributed by atoms with van der Waals surface area (Å²) in [6.45, 7) is 0. The Kier molecular flexibility index (Phi) is 6.11. The standard InChI is InChI=1S/C27H22F2N6O3/c28-15-2-5-20(34-25(38)27(8-9-27)24(30)37)17(12-15)14-1-4-22(19(29)11-14)33-16-3-6-23(36)18(13-16)21-7-10-32-26(31)35-21/h1-7,10-13,33,36H,8-9H2,(H2,30,37)(H,34,38)(H2,31,32,35). The highest BCUT2D eigenvalue weighted by atomic mass is 19.1. The minimum absolute atomic E-state index is 0.0386. The molecule has 38 heavy (non-hydrogen) atoms. The van der Waals surface area contributed by atoms with E-state index in [4.69, 9.17) is 11.5 Å². The molecule has 0 spiro atoms. The van der Waals surface area contributed by atoms with Crippen molar-refractivity contribution >= 4 is 34.8 Å². The molecule has 192 valence electrons. The van der Waals surface area contributed by atoms with Crippen molar-refractivity contribution in [1.82, 2.24) is 9.97 Å². The summed E-state index contributed by atoms with van der Waals surface area (Å²) in [5, 5.41) is 15.9. The lowest BCUT2D eigenvalue weighted by Gasteiger charge is -2.16. The molecule has 2 amide bonds. The number of aromatic hydroxyl groups is 1. The molecule has 0 aliphatic heterocycles. The third-order valence-electron chi connectivity index (χ3n) is 6.39. The molecular formula is C27H22F2N6O3. The van der Waals surface area contributed by atoms with Gasteiger partial charge in [0.15, 0.2) is 0 Å². The summed E-state index contributed by atoms with van der Waals surface area (Å²) in [5.41, 5.74) is 11.8. The number of nitrogens with zero attached hydrogens (tertiary/aromatic N) is 2. The molecule has 0 unspecified atom stereocenters. The van der Waals surface area contributed by atoms with Crippen LogP contribution in [0.1, 0.15) is 12.8 Å². The number of nitrogens with one attached hydrogen (secondary N) is 2. The Hall–Kier alpha value is -5.06. The zero-order chi connectivity index (χ0) is 27.0. The topological polar surface area (TPSA) is 156 Å². The van der Waals surface area contributed by atoms with Crippen LogP contribution in [-0.4, -0.2) is 26.9 Å². The number of rotatable bonds is 7. The molecule has 1 heterocycles. The first-order valence-electron chi connectivity index (χ1n) is 11.6. The van der Waals surface area contributed by atoms with E-state index in [1.807, 2.05) is 0 Å². The number of primary amides is 1. The van der Waals surface area contributed by atoms with Crippen LogP contribution in [0.2, 0.25) is 0 Å². The monoisotopic (exact) mass is 516 g/mol. The number of hydrogen-bond donors (Lipinski definition) is 5. The summed E-state index contributed by atoms with van der Waals surface area (Å²) >= 11 is 0. The number of benzene rings is 3. The largest absolute Gasteiger partial charge is 0.507 e. The van der Waals surface area contributed by atoms with Crippen molar-refractivity contribution in [3.8, 4) is 28.1 Å². The molecule has 1 aromatic heterocycles. The molecule has 9 nitrogen and oxygen atoms in total. The van der Waals surface area contributed by atoms with Gasteiger partial charge in [0.05, 0.1) is 11.4 Å². The van der Waals surface area contributed by atoms with Crippen LogP contribution in [0.15, 0.2) is 66.9 Å². The number of carbonyl (C=O) groups is 2. The van der Waals surface area contributed by atoms with Crippen molar-refractivity contribution in [2.45, 2.75) is 12.8 Å². The van der Waals surface area contributed by atoms with E-state index in [-0.39, 0.29) is 28.6 Å². The van der Waals surface area contributed by atoms with Crippen molar-refractivity contribution in [2.24, 2.45) is 11.1 Å². The number of anilines is 4. The highest BCUT2D eigenvalue weighted by molar-refractivity contribution is 6.13. The lowest BCUT2D eigenvalue weighted by Crippen LogP contribution is -2.36. The first-order valence-corrected chi connectivity index (χ1v) is 11.6. The molecule has 11 heteroatoms. The Bertz CT molecular complexity index is 1590. The lowest BCUT2D eigenvalue weighted by molar-refractivity contribution is -0.132. The lowest BCUT2D eigenvalue weighted by atomic mass is 10.0. The van der Waals surface area contributed by atoms with Crippen LogP contribution in [0.3, 0.4) is 0 Å². The second-order valence-corrected chi connectivity index (χ2v) is 8.94. The maximum atomic E-state index is 15.2. The summed E-state index contributed by atoms with van der Waals surface area (Å²) < 4.78 is 29.3. The quantitative estimate of drug-likeness (QED) is 0.181. The molecule has 1 aliphatic rings. The normalized spacial score (nSPS) is 13.5. The van der Waals surface area contributed by atoms with Crippen LogP contribution < -0.4 is 22.1 Å². The minimum Gasteiger partial charge on any atom is -0.507 e. The van der Waals surface area contributed by atoms with Gasteiger partial charge >= 0.3 is 0 Å². The number of hydrogen-bond acceptors (Lipinski definition) is 7. The molecular weight excluding hydrogens is 494 g/mol. The third-order valence-corrected chi connectivity index (χ3v) is 6.39. The SMILES string of the molecule is NC(=O)C1(C(=O)Nc2ccc(F)cc2-c2ccc(Nc3ccc(O)c(-c4ccnc(N)n4)c3)c(F)c2)CC1. The van der Waals surface area contributed by atoms with Crippen LogP contribution >= 0.6 is 0 Å². The number of phenols is 1. The second-order valence-electron chi connectivity index (χ2n) is 8.94. The summed E-state index contributed by atoms with van der Waals surface area (Å²) in [4.78, 5) is 32.3. The van der Waals surface area contributed by atoms with E-state index in [9.17, 15) is 19.1 Å². The molecule has 4 aromatic rings. The maximum absolute atomic E-state index is 15.2. The molecule has 1 fully saturated rings. The number of phenolic OH excluding ortho intramolecular Hbond substituents is 1. The van der Waals surface area contributed by atoms with Crippen LogP contribution in [0.4, 0.5) is 31.8 Å². The van der Waals surface area contributed by atoms with Gasteiger partial charge in [-0.2, -0.15) is 0 Å². The van der Waals surface area contributed by atoms with E-state index >= 15 is 4.39 Å². The maximum Gasteiger partial charge on any atom is 0.240 e.